The topological polar surface area (TPSA) is 57.5 Å². The Hall–Kier alpha value is -1.79. The van der Waals surface area contributed by atoms with Crippen LogP contribution in [0.4, 0.5) is 5.69 Å². The lowest BCUT2D eigenvalue weighted by atomic mass is 10.2. The Bertz CT molecular complexity index is 448. The van der Waals surface area contributed by atoms with Crippen LogP contribution >= 0.6 is 0 Å². The number of hydrogen-bond donors (Lipinski definition) is 1. The molecule has 1 heterocycles. The zero-order valence-electron chi connectivity index (χ0n) is 12.3. The molecular formula is C15H22N3O3. The minimum atomic E-state index is -0.574. The highest BCUT2D eigenvalue weighted by Gasteiger charge is 2.21. The number of β-amino-alcohol motifs (C(OH)–C–C–N with tert-alkyl or cyclic N) is 1. The fourth-order valence-corrected chi connectivity index (χ4v) is 2.54. The summed E-state index contributed by atoms with van der Waals surface area (Å²) in [4.78, 5) is 9.16. The molecule has 1 atom stereocenters. The van der Waals surface area contributed by atoms with Crippen LogP contribution in [0.3, 0.4) is 0 Å². The van der Waals surface area contributed by atoms with Gasteiger partial charge in [0.05, 0.1) is 19.5 Å². The van der Waals surface area contributed by atoms with Crippen LogP contribution in [0.15, 0.2) is 29.4 Å². The number of anilines is 1. The summed E-state index contributed by atoms with van der Waals surface area (Å²) in [6.45, 7) is 9.14. The molecule has 0 saturated carbocycles. The normalized spacial score (nSPS) is 17.3. The van der Waals surface area contributed by atoms with Crippen LogP contribution in [0.1, 0.15) is 0 Å². The van der Waals surface area contributed by atoms with E-state index in [0.717, 1.165) is 37.6 Å². The number of hydrogen-bond acceptors (Lipinski definition) is 6. The molecule has 1 unspecified atom stereocenters. The van der Waals surface area contributed by atoms with Gasteiger partial charge in [-0.15, -0.1) is 0 Å². The molecule has 0 bridgehead atoms. The Morgan fingerprint density at radius 3 is 2.67 bits per heavy atom. The predicted molar refractivity (Wildman–Crippen MR) is 82.1 cm³/mol. The molecule has 1 aliphatic heterocycles. The van der Waals surface area contributed by atoms with Crippen LogP contribution in [0.5, 0.6) is 5.75 Å². The lowest BCUT2D eigenvalue weighted by Gasteiger charge is -2.37. The highest BCUT2D eigenvalue weighted by atomic mass is 16.6. The molecule has 115 valence electrons. The maximum Gasteiger partial charge on any atom is 0.144 e. The molecule has 1 aromatic rings. The summed E-state index contributed by atoms with van der Waals surface area (Å²) in [5.41, 5.74) is 1.12. The van der Waals surface area contributed by atoms with E-state index in [2.05, 4.69) is 25.9 Å². The fraction of sp³-hybridized carbons (Fsp3) is 0.533. The summed E-state index contributed by atoms with van der Waals surface area (Å²) in [5.74, 6) is 0.893. The van der Waals surface area contributed by atoms with Gasteiger partial charge in [0.2, 0.25) is 0 Å². The van der Waals surface area contributed by atoms with Crippen molar-refractivity contribution < 1.29 is 14.7 Å². The van der Waals surface area contributed by atoms with E-state index in [0.29, 0.717) is 6.54 Å². The van der Waals surface area contributed by atoms with E-state index in [1.807, 2.05) is 18.2 Å². The van der Waals surface area contributed by atoms with Crippen LogP contribution < -0.4 is 9.64 Å². The number of rotatable bonds is 7. The minimum absolute atomic E-state index is 0.128. The second-order valence-corrected chi connectivity index (χ2v) is 5.01. The van der Waals surface area contributed by atoms with Crippen molar-refractivity contribution in [2.24, 2.45) is 5.16 Å². The Balaban J connectivity index is 1.84. The molecule has 6 nitrogen and oxygen atoms in total. The molecule has 2 rings (SSSR count). The van der Waals surface area contributed by atoms with Gasteiger partial charge < -0.3 is 19.6 Å². The predicted octanol–water partition coefficient (Wildman–Crippen LogP) is 0.687. The van der Waals surface area contributed by atoms with Gasteiger partial charge in [0, 0.05) is 32.7 Å². The van der Waals surface area contributed by atoms with Gasteiger partial charge in [-0.3, -0.25) is 4.90 Å². The van der Waals surface area contributed by atoms with Crippen molar-refractivity contribution in [2.75, 3.05) is 51.3 Å². The van der Waals surface area contributed by atoms with Crippen molar-refractivity contribution in [3.8, 4) is 5.75 Å². The van der Waals surface area contributed by atoms with Gasteiger partial charge in [-0.2, -0.15) is 0 Å². The molecule has 1 aromatic carbocycles. The zero-order chi connectivity index (χ0) is 15.1. The highest BCUT2D eigenvalue weighted by Crippen LogP contribution is 2.28. The summed E-state index contributed by atoms with van der Waals surface area (Å²) in [7, 11) is 1.69. The summed E-state index contributed by atoms with van der Waals surface area (Å²) in [6.07, 6.45) is -0.574. The maximum absolute atomic E-state index is 9.78. The maximum atomic E-state index is 9.78. The fourth-order valence-electron chi connectivity index (χ4n) is 2.54. The molecule has 1 saturated heterocycles. The number of aliphatic hydroxyl groups excluding tert-OH is 1. The average Bonchev–Trinajstić information content (AvgIpc) is 2.53. The quantitative estimate of drug-likeness (QED) is 0.592. The van der Waals surface area contributed by atoms with Crippen molar-refractivity contribution in [1.82, 2.24) is 4.90 Å². The van der Waals surface area contributed by atoms with Gasteiger partial charge in [0.15, 0.2) is 0 Å². The van der Waals surface area contributed by atoms with E-state index >= 15 is 0 Å². The highest BCUT2D eigenvalue weighted by molar-refractivity contribution is 5.58. The van der Waals surface area contributed by atoms with Crippen LogP contribution in [0.2, 0.25) is 0 Å². The molecule has 21 heavy (non-hydrogen) atoms. The van der Waals surface area contributed by atoms with E-state index in [-0.39, 0.29) is 6.61 Å². The van der Waals surface area contributed by atoms with Gasteiger partial charge in [-0.25, -0.2) is 0 Å². The molecular weight excluding hydrogens is 270 g/mol. The first-order valence-electron chi connectivity index (χ1n) is 7.05. The molecule has 0 spiro atoms. The first-order valence-corrected chi connectivity index (χ1v) is 7.05. The number of benzene rings is 1. The van der Waals surface area contributed by atoms with Gasteiger partial charge in [-0.1, -0.05) is 17.3 Å². The Labute approximate surface area is 125 Å². The number of aliphatic hydroxyl groups is 1. The summed E-state index contributed by atoms with van der Waals surface area (Å²) in [5, 5.41) is 12.8. The van der Waals surface area contributed by atoms with Crippen LogP contribution in [0.25, 0.3) is 0 Å². The lowest BCUT2D eigenvalue weighted by Crippen LogP contribution is -2.49. The molecule has 0 aromatic heterocycles. The van der Waals surface area contributed by atoms with Gasteiger partial charge in [0.25, 0.3) is 0 Å². The van der Waals surface area contributed by atoms with Gasteiger partial charge in [-0.05, 0) is 12.1 Å². The van der Waals surface area contributed by atoms with Crippen molar-refractivity contribution in [1.29, 1.82) is 0 Å². The molecule has 1 radical (unpaired) electrons. The van der Waals surface area contributed by atoms with Crippen molar-refractivity contribution in [2.45, 2.75) is 6.10 Å². The number of methoxy groups -OCH3 is 1. The Morgan fingerprint density at radius 2 is 2.00 bits per heavy atom. The van der Waals surface area contributed by atoms with E-state index in [9.17, 15) is 5.11 Å². The SMILES string of the molecule is [CH]=NOCC(O)CN1CCN(c2ccccc2OC)CC1. The second kappa shape index (κ2) is 7.85. The first-order chi connectivity index (χ1) is 10.2. The third kappa shape index (κ3) is 4.34. The average molecular weight is 292 g/mol. The van der Waals surface area contributed by atoms with Crippen LogP contribution in [0, 0.1) is 0 Å². The molecule has 0 aliphatic carbocycles. The summed E-state index contributed by atoms with van der Waals surface area (Å²) < 4.78 is 5.40. The lowest BCUT2D eigenvalue weighted by molar-refractivity contribution is 0.0190. The monoisotopic (exact) mass is 292 g/mol. The Kier molecular flexibility index (Phi) is 5.83. The number of ether oxygens (including phenoxy) is 1. The minimum Gasteiger partial charge on any atom is -0.495 e. The van der Waals surface area contributed by atoms with E-state index in [1.165, 1.54) is 0 Å². The molecule has 1 aliphatic rings. The summed E-state index contributed by atoms with van der Waals surface area (Å²) >= 11 is 0. The zero-order valence-corrected chi connectivity index (χ0v) is 12.3. The smallest absolute Gasteiger partial charge is 0.144 e. The molecule has 1 N–H and O–H groups in total. The second-order valence-electron chi connectivity index (χ2n) is 5.01. The number of nitrogens with zero attached hydrogens (tertiary/aromatic N) is 3. The van der Waals surface area contributed by atoms with E-state index in [4.69, 9.17) is 11.5 Å². The van der Waals surface area contributed by atoms with E-state index in [1.54, 1.807) is 7.11 Å². The first kappa shape index (κ1) is 15.6. The van der Waals surface area contributed by atoms with Gasteiger partial charge in [0.1, 0.15) is 18.5 Å². The molecule has 1 fully saturated rings. The van der Waals surface area contributed by atoms with Crippen molar-refractivity contribution in [3.05, 3.63) is 24.3 Å². The summed E-state index contributed by atoms with van der Waals surface area (Å²) in [6, 6.07) is 8.03. The number of piperazine rings is 1. The molecule has 6 heteroatoms. The van der Waals surface area contributed by atoms with Crippen molar-refractivity contribution in [3.63, 3.8) is 0 Å². The van der Waals surface area contributed by atoms with Crippen molar-refractivity contribution >= 4 is 12.4 Å². The largest absolute Gasteiger partial charge is 0.495 e. The third-order valence-corrected chi connectivity index (χ3v) is 3.61. The third-order valence-electron chi connectivity index (χ3n) is 3.61. The van der Waals surface area contributed by atoms with Crippen LogP contribution in [-0.2, 0) is 4.84 Å². The standard InChI is InChI=1S/C15H22N3O3/c1-16-21-12-13(19)11-17-7-9-18(10-8-17)14-5-3-4-6-15(14)20-2/h1,3-6,13,19H,7-12H2,2H3. The van der Waals surface area contributed by atoms with Crippen LogP contribution in [-0.4, -0.2) is 69.3 Å². The van der Waals surface area contributed by atoms with E-state index < -0.39 is 6.10 Å². The number of para-hydroxylation sites is 2. The van der Waals surface area contributed by atoms with Gasteiger partial charge >= 0.3 is 0 Å². The Morgan fingerprint density at radius 1 is 1.29 bits per heavy atom. The molecule has 0 amide bonds.